The molecule has 2 heterocycles. The Bertz CT molecular complexity index is 944. The predicted octanol–water partition coefficient (Wildman–Crippen LogP) is 0.721. The zero-order valence-corrected chi connectivity index (χ0v) is 21.8. The Balaban J connectivity index is 1.89. The number of rotatable bonds is 4. The van der Waals surface area contributed by atoms with Crippen molar-refractivity contribution in [1.29, 1.82) is 0 Å². The van der Waals surface area contributed by atoms with Gasteiger partial charge in [0.2, 0.25) is 17.7 Å². The van der Waals surface area contributed by atoms with E-state index in [1.165, 1.54) is 4.90 Å². The molecule has 1 aromatic carbocycles. The SMILES string of the molecule is CCN1CCN(C(=O)[C@@H]2CC(=O)N[C@@H](CC(C)C)C(=O)N(C)CCOc3ccccc3C(=O)N2)CC1. The second-order valence-electron chi connectivity index (χ2n) is 9.84. The van der Waals surface area contributed by atoms with Crippen molar-refractivity contribution in [2.45, 2.75) is 45.7 Å². The zero-order chi connectivity index (χ0) is 26.2. The Morgan fingerprint density at radius 2 is 1.75 bits per heavy atom. The van der Waals surface area contributed by atoms with Crippen LogP contribution in [-0.4, -0.2) is 103 Å². The molecule has 0 spiro atoms. The number of benzene rings is 1. The Morgan fingerprint density at radius 1 is 1.06 bits per heavy atom. The zero-order valence-electron chi connectivity index (χ0n) is 21.8. The minimum atomic E-state index is -1.06. The molecule has 2 atom stereocenters. The number of amides is 4. The fourth-order valence-electron chi connectivity index (χ4n) is 4.52. The topological polar surface area (TPSA) is 111 Å². The Hall–Kier alpha value is -3.14. The molecule has 0 saturated carbocycles. The van der Waals surface area contributed by atoms with Crippen LogP contribution in [0.15, 0.2) is 24.3 Å². The predicted molar refractivity (Wildman–Crippen MR) is 136 cm³/mol. The highest BCUT2D eigenvalue weighted by Crippen LogP contribution is 2.19. The number of piperazine rings is 1. The van der Waals surface area contributed by atoms with Crippen molar-refractivity contribution in [3.63, 3.8) is 0 Å². The van der Waals surface area contributed by atoms with Crippen molar-refractivity contribution in [3.8, 4) is 5.75 Å². The highest BCUT2D eigenvalue weighted by atomic mass is 16.5. The number of likely N-dealkylation sites (N-methyl/N-ethyl adjacent to an activating group) is 2. The molecule has 0 aliphatic carbocycles. The summed E-state index contributed by atoms with van der Waals surface area (Å²) in [4.78, 5) is 58.4. The maximum atomic E-state index is 13.5. The number of ether oxygens (including phenoxy) is 1. The van der Waals surface area contributed by atoms with E-state index in [-0.39, 0.29) is 36.3 Å². The quantitative estimate of drug-likeness (QED) is 0.629. The standard InChI is InChI=1S/C26H39N5O5/c1-5-30-10-12-31(13-11-30)26(35)21-17-23(32)27-20(16-18(2)3)25(34)29(4)14-15-36-22-9-7-6-8-19(22)24(33)28-21/h6-9,18,20-21H,5,10-17H2,1-4H3,(H,27,32)(H,28,33)/t20-,21-/m0/s1. The fourth-order valence-corrected chi connectivity index (χ4v) is 4.52. The average molecular weight is 502 g/mol. The summed E-state index contributed by atoms with van der Waals surface area (Å²) < 4.78 is 5.85. The summed E-state index contributed by atoms with van der Waals surface area (Å²) in [6.07, 6.45) is 0.204. The third-order valence-corrected chi connectivity index (χ3v) is 6.66. The van der Waals surface area contributed by atoms with Crippen LogP contribution in [-0.2, 0) is 14.4 Å². The number of fused-ring (bicyclic) bond motifs is 1. The highest BCUT2D eigenvalue weighted by molar-refractivity contribution is 6.01. The molecule has 4 amide bonds. The molecule has 0 unspecified atom stereocenters. The summed E-state index contributed by atoms with van der Waals surface area (Å²) >= 11 is 0. The first-order valence-corrected chi connectivity index (χ1v) is 12.8. The molecular weight excluding hydrogens is 462 g/mol. The lowest BCUT2D eigenvalue weighted by Gasteiger charge is -2.36. The van der Waals surface area contributed by atoms with E-state index in [2.05, 4.69) is 22.5 Å². The lowest BCUT2D eigenvalue weighted by molar-refractivity contribution is -0.138. The summed E-state index contributed by atoms with van der Waals surface area (Å²) in [6, 6.07) is 4.98. The van der Waals surface area contributed by atoms with Crippen LogP contribution in [0.2, 0.25) is 0 Å². The monoisotopic (exact) mass is 501 g/mol. The summed E-state index contributed by atoms with van der Waals surface area (Å²) in [6.45, 7) is 9.95. The third-order valence-electron chi connectivity index (χ3n) is 6.66. The van der Waals surface area contributed by atoms with Gasteiger partial charge in [0.25, 0.3) is 5.91 Å². The van der Waals surface area contributed by atoms with Gasteiger partial charge in [-0.1, -0.05) is 32.9 Å². The number of nitrogens with one attached hydrogen (secondary N) is 2. The van der Waals surface area contributed by atoms with Crippen LogP contribution in [0.1, 0.15) is 44.0 Å². The average Bonchev–Trinajstić information content (AvgIpc) is 2.86. The van der Waals surface area contributed by atoms with Crippen molar-refractivity contribution in [3.05, 3.63) is 29.8 Å². The molecule has 10 nitrogen and oxygen atoms in total. The van der Waals surface area contributed by atoms with Crippen LogP contribution in [0, 0.1) is 5.92 Å². The van der Waals surface area contributed by atoms with Gasteiger partial charge in [-0.3, -0.25) is 19.2 Å². The van der Waals surface area contributed by atoms with Gasteiger partial charge in [0, 0.05) is 33.2 Å². The summed E-state index contributed by atoms with van der Waals surface area (Å²) in [5.74, 6) is -0.920. The Labute approximate surface area is 213 Å². The van der Waals surface area contributed by atoms with Crippen molar-refractivity contribution < 1.29 is 23.9 Å². The van der Waals surface area contributed by atoms with Gasteiger partial charge in [-0.05, 0) is 31.0 Å². The molecule has 10 heteroatoms. The maximum Gasteiger partial charge on any atom is 0.255 e. The first-order valence-electron chi connectivity index (χ1n) is 12.8. The number of para-hydroxylation sites is 1. The van der Waals surface area contributed by atoms with Crippen LogP contribution in [0.3, 0.4) is 0 Å². The van der Waals surface area contributed by atoms with Gasteiger partial charge in [0.1, 0.15) is 24.4 Å². The molecule has 2 N–H and O–H groups in total. The van der Waals surface area contributed by atoms with E-state index in [0.717, 1.165) is 19.6 Å². The van der Waals surface area contributed by atoms with Gasteiger partial charge in [0.05, 0.1) is 18.5 Å². The lowest BCUT2D eigenvalue weighted by atomic mass is 10.0. The molecule has 1 aromatic rings. The molecule has 36 heavy (non-hydrogen) atoms. The summed E-state index contributed by atoms with van der Waals surface area (Å²) in [5.41, 5.74) is 0.273. The molecule has 1 saturated heterocycles. The van der Waals surface area contributed by atoms with Crippen molar-refractivity contribution in [1.82, 2.24) is 25.3 Å². The van der Waals surface area contributed by atoms with Gasteiger partial charge >= 0.3 is 0 Å². The maximum absolute atomic E-state index is 13.5. The number of carbonyl (C=O) groups excluding carboxylic acids is 4. The van der Waals surface area contributed by atoms with Crippen molar-refractivity contribution >= 4 is 23.6 Å². The molecule has 0 radical (unpaired) electrons. The molecule has 0 bridgehead atoms. The van der Waals surface area contributed by atoms with Gasteiger partial charge in [-0.25, -0.2) is 0 Å². The van der Waals surface area contributed by atoms with Crippen molar-refractivity contribution in [2.24, 2.45) is 5.92 Å². The molecular formula is C26H39N5O5. The van der Waals surface area contributed by atoms with Crippen LogP contribution < -0.4 is 15.4 Å². The largest absolute Gasteiger partial charge is 0.491 e. The summed E-state index contributed by atoms with van der Waals surface area (Å²) in [7, 11) is 1.66. The van der Waals surface area contributed by atoms with E-state index in [0.29, 0.717) is 31.8 Å². The smallest absolute Gasteiger partial charge is 0.255 e. The molecule has 0 aromatic heterocycles. The van der Waals surface area contributed by atoms with Crippen LogP contribution in [0.25, 0.3) is 0 Å². The lowest BCUT2D eigenvalue weighted by Crippen LogP contribution is -2.56. The number of carbonyl (C=O) groups is 4. The second-order valence-corrected chi connectivity index (χ2v) is 9.84. The highest BCUT2D eigenvalue weighted by Gasteiger charge is 2.33. The van der Waals surface area contributed by atoms with Gasteiger partial charge in [-0.2, -0.15) is 0 Å². The van der Waals surface area contributed by atoms with Gasteiger partial charge in [0.15, 0.2) is 0 Å². The Morgan fingerprint density at radius 3 is 2.42 bits per heavy atom. The van der Waals surface area contributed by atoms with Crippen LogP contribution in [0.5, 0.6) is 5.75 Å². The molecule has 1 fully saturated rings. The first kappa shape index (κ1) is 27.4. The van der Waals surface area contributed by atoms with Crippen LogP contribution in [0.4, 0.5) is 0 Å². The van der Waals surface area contributed by atoms with E-state index in [1.54, 1.807) is 36.2 Å². The molecule has 3 rings (SSSR count). The summed E-state index contributed by atoms with van der Waals surface area (Å²) in [5, 5.41) is 5.59. The third kappa shape index (κ3) is 7.19. The molecule has 2 aliphatic heterocycles. The minimum absolute atomic E-state index is 0.168. The normalized spacial score (nSPS) is 22.9. The number of hydrogen-bond acceptors (Lipinski definition) is 6. The van der Waals surface area contributed by atoms with E-state index < -0.39 is 23.9 Å². The molecule has 2 aliphatic rings. The fraction of sp³-hybridized carbons (Fsp3) is 0.615. The van der Waals surface area contributed by atoms with E-state index in [4.69, 9.17) is 4.74 Å². The number of nitrogens with zero attached hydrogens (tertiary/aromatic N) is 3. The minimum Gasteiger partial charge on any atom is -0.491 e. The van der Waals surface area contributed by atoms with Gasteiger partial charge in [-0.15, -0.1) is 0 Å². The van der Waals surface area contributed by atoms with E-state index in [9.17, 15) is 19.2 Å². The molecule has 198 valence electrons. The van der Waals surface area contributed by atoms with E-state index in [1.807, 2.05) is 13.8 Å². The van der Waals surface area contributed by atoms with Crippen LogP contribution >= 0.6 is 0 Å². The Kier molecular flexibility index (Phi) is 9.69. The number of hydrogen-bond donors (Lipinski definition) is 2. The second kappa shape index (κ2) is 12.7. The first-order chi connectivity index (χ1) is 17.2. The van der Waals surface area contributed by atoms with Gasteiger partial charge < -0.3 is 30.1 Å². The van der Waals surface area contributed by atoms with Crippen molar-refractivity contribution in [2.75, 3.05) is 52.9 Å². The van der Waals surface area contributed by atoms with E-state index >= 15 is 0 Å².